The van der Waals surface area contributed by atoms with Crippen LogP contribution in [0, 0.1) is 13.8 Å². The Bertz CT molecular complexity index is 428. The Hall–Kier alpha value is -1.32. The molecule has 1 aliphatic rings. The molecule has 0 aromatic carbocycles. The van der Waals surface area contributed by atoms with Crippen molar-refractivity contribution in [1.82, 2.24) is 14.5 Å². The number of carbonyl (C=O) groups excluding carboxylic acids is 1. The molecule has 4 heteroatoms. The number of imidazole rings is 1. The summed E-state index contributed by atoms with van der Waals surface area (Å²) >= 11 is 0. The first kappa shape index (κ1) is 13.1. The van der Waals surface area contributed by atoms with Crippen molar-refractivity contribution in [3.63, 3.8) is 0 Å². The number of piperidine rings is 1. The van der Waals surface area contributed by atoms with Crippen LogP contribution in [0.4, 0.5) is 0 Å². The fraction of sp³-hybridized carbons (Fsp3) is 0.714. The molecule has 2 atom stereocenters. The Balaban J connectivity index is 2.09. The first-order valence-corrected chi connectivity index (χ1v) is 6.80. The van der Waals surface area contributed by atoms with E-state index in [0.717, 1.165) is 24.2 Å². The van der Waals surface area contributed by atoms with Gasteiger partial charge in [-0.05, 0) is 47.0 Å². The van der Waals surface area contributed by atoms with Crippen LogP contribution in [0.15, 0.2) is 6.33 Å². The molecule has 0 spiro atoms. The van der Waals surface area contributed by atoms with E-state index in [1.807, 2.05) is 18.4 Å². The van der Waals surface area contributed by atoms with Gasteiger partial charge in [-0.3, -0.25) is 4.79 Å². The summed E-state index contributed by atoms with van der Waals surface area (Å²) in [5.74, 6) is 0.218. The fourth-order valence-electron chi connectivity index (χ4n) is 2.84. The van der Waals surface area contributed by atoms with Gasteiger partial charge in [-0.2, -0.15) is 0 Å². The Kier molecular flexibility index (Phi) is 3.73. The Morgan fingerprint density at radius 2 is 1.94 bits per heavy atom. The van der Waals surface area contributed by atoms with E-state index in [4.69, 9.17) is 0 Å². The summed E-state index contributed by atoms with van der Waals surface area (Å²) in [5.41, 5.74) is 2.09. The van der Waals surface area contributed by atoms with E-state index in [9.17, 15) is 4.79 Å². The van der Waals surface area contributed by atoms with Gasteiger partial charge in [0.15, 0.2) is 0 Å². The van der Waals surface area contributed by atoms with E-state index in [-0.39, 0.29) is 5.91 Å². The van der Waals surface area contributed by atoms with Crippen LogP contribution in [-0.4, -0.2) is 32.4 Å². The standard InChI is InChI=1S/C14H23N3O/c1-10-6-5-7-11(2)17(10)14(18)8-16-9-15-12(3)13(16)4/h9-11H,5-8H2,1-4H3/t10-,11-/m0/s1. The number of likely N-dealkylation sites (tertiary alicyclic amines) is 1. The molecule has 0 N–H and O–H groups in total. The highest BCUT2D eigenvalue weighted by molar-refractivity contribution is 5.77. The predicted octanol–water partition coefficient (Wildman–Crippen LogP) is 2.29. The average molecular weight is 249 g/mol. The number of amides is 1. The van der Waals surface area contributed by atoms with Gasteiger partial charge in [0.1, 0.15) is 6.54 Å². The van der Waals surface area contributed by atoms with Crippen molar-refractivity contribution >= 4 is 5.91 Å². The monoisotopic (exact) mass is 249 g/mol. The topological polar surface area (TPSA) is 38.1 Å². The van der Waals surface area contributed by atoms with Crippen molar-refractivity contribution in [2.75, 3.05) is 0 Å². The number of hydrogen-bond acceptors (Lipinski definition) is 2. The Morgan fingerprint density at radius 1 is 1.33 bits per heavy atom. The molecule has 0 aliphatic carbocycles. The van der Waals surface area contributed by atoms with Crippen LogP contribution >= 0.6 is 0 Å². The third kappa shape index (κ3) is 2.42. The van der Waals surface area contributed by atoms with Crippen LogP contribution in [0.1, 0.15) is 44.5 Å². The lowest BCUT2D eigenvalue weighted by Crippen LogP contribution is -2.48. The van der Waals surface area contributed by atoms with Crippen LogP contribution in [0.5, 0.6) is 0 Å². The second-order valence-corrected chi connectivity index (χ2v) is 5.47. The quantitative estimate of drug-likeness (QED) is 0.806. The lowest BCUT2D eigenvalue weighted by atomic mass is 9.97. The molecule has 0 radical (unpaired) electrons. The molecule has 1 amide bonds. The van der Waals surface area contributed by atoms with E-state index in [2.05, 4.69) is 23.7 Å². The third-order valence-corrected chi connectivity index (χ3v) is 4.13. The zero-order valence-corrected chi connectivity index (χ0v) is 11.8. The first-order valence-electron chi connectivity index (χ1n) is 6.80. The number of hydrogen-bond donors (Lipinski definition) is 0. The highest BCUT2D eigenvalue weighted by Gasteiger charge is 2.28. The highest BCUT2D eigenvalue weighted by atomic mass is 16.2. The predicted molar refractivity (Wildman–Crippen MR) is 71.3 cm³/mol. The normalized spacial score (nSPS) is 24.3. The average Bonchev–Trinajstić information content (AvgIpc) is 2.61. The smallest absolute Gasteiger partial charge is 0.243 e. The van der Waals surface area contributed by atoms with Gasteiger partial charge in [0.2, 0.25) is 5.91 Å². The van der Waals surface area contributed by atoms with E-state index in [1.54, 1.807) is 6.33 Å². The number of aromatic nitrogens is 2. The van der Waals surface area contributed by atoms with Crippen molar-refractivity contribution in [3.05, 3.63) is 17.7 Å². The Labute approximate surface area is 109 Å². The summed E-state index contributed by atoms with van der Waals surface area (Å²) in [7, 11) is 0. The molecule has 0 unspecified atom stereocenters. The van der Waals surface area contributed by atoms with Gasteiger partial charge in [-0.25, -0.2) is 4.98 Å². The largest absolute Gasteiger partial charge is 0.336 e. The van der Waals surface area contributed by atoms with Gasteiger partial charge in [0.25, 0.3) is 0 Å². The highest BCUT2D eigenvalue weighted by Crippen LogP contribution is 2.23. The van der Waals surface area contributed by atoms with Gasteiger partial charge in [-0.1, -0.05) is 0 Å². The minimum absolute atomic E-state index is 0.218. The maximum atomic E-state index is 12.4. The maximum Gasteiger partial charge on any atom is 0.243 e. The summed E-state index contributed by atoms with van der Waals surface area (Å²) in [6.45, 7) is 8.71. The molecular formula is C14H23N3O. The maximum absolute atomic E-state index is 12.4. The van der Waals surface area contributed by atoms with E-state index in [1.165, 1.54) is 6.42 Å². The van der Waals surface area contributed by atoms with Crippen molar-refractivity contribution in [2.24, 2.45) is 0 Å². The van der Waals surface area contributed by atoms with Crippen molar-refractivity contribution in [1.29, 1.82) is 0 Å². The molecular weight excluding hydrogens is 226 g/mol. The van der Waals surface area contributed by atoms with Crippen LogP contribution in [-0.2, 0) is 11.3 Å². The summed E-state index contributed by atoms with van der Waals surface area (Å²) in [6.07, 6.45) is 5.24. The third-order valence-electron chi connectivity index (χ3n) is 4.13. The molecule has 0 bridgehead atoms. The van der Waals surface area contributed by atoms with Crippen LogP contribution in [0.25, 0.3) is 0 Å². The summed E-state index contributed by atoms with van der Waals surface area (Å²) in [6, 6.07) is 0.734. The van der Waals surface area contributed by atoms with Crippen LogP contribution in [0.2, 0.25) is 0 Å². The van der Waals surface area contributed by atoms with E-state index < -0.39 is 0 Å². The van der Waals surface area contributed by atoms with E-state index >= 15 is 0 Å². The molecule has 1 aromatic heterocycles. The number of nitrogens with zero attached hydrogens (tertiary/aromatic N) is 3. The summed E-state index contributed by atoms with van der Waals surface area (Å²) < 4.78 is 1.95. The lowest BCUT2D eigenvalue weighted by molar-refractivity contribution is -0.137. The minimum Gasteiger partial charge on any atom is -0.336 e. The van der Waals surface area contributed by atoms with Crippen molar-refractivity contribution < 1.29 is 4.79 Å². The summed E-state index contributed by atoms with van der Waals surface area (Å²) in [5, 5.41) is 0. The van der Waals surface area contributed by atoms with Crippen LogP contribution < -0.4 is 0 Å². The van der Waals surface area contributed by atoms with E-state index in [0.29, 0.717) is 18.6 Å². The fourth-order valence-corrected chi connectivity index (χ4v) is 2.84. The van der Waals surface area contributed by atoms with Crippen LogP contribution in [0.3, 0.4) is 0 Å². The molecule has 1 aromatic rings. The molecule has 1 fully saturated rings. The number of carbonyl (C=O) groups is 1. The molecule has 2 heterocycles. The minimum atomic E-state index is 0.218. The summed E-state index contributed by atoms with van der Waals surface area (Å²) in [4.78, 5) is 18.7. The van der Waals surface area contributed by atoms with Gasteiger partial charge < -0.3 is 9.47 Å². The molecule has 100 valence electrons. The number of aryl methyl sites for hydroxylation is 1. The SMILES string of the molecule is Cc1ncn(CC(=O)N2[C@@H](C)CCC[C@@H]2C)c1C. The van der Waals surface area contributed by atoms with Crippen molar-refractivity contribution in [2.45, 2.75) is 65.6 Å². The second-order valence-electron chi connectivity index (χ2n) is 5.47. The second kappa shape index (κ2) is 5.12. The number of rotatable bonds is 2. The van der Waals surface area contributed by atoms with Gasteiger partial charge in [-0.15, -0.1) is 0 Å². The molecule has 2 rings (SSSR count). The molecule has 0 saturated carbocycles. The molecule has 1 aliphatic heterocycles. The van der Waals surface area contributed by atoms with Gasteiger partial charge in [0.05, 0.1) is 12.0 Å². The van der Waals surface area contributed by atoms with Gasteiger partial charge in [0, 0.05) is 17.8 Å². The zero-order chi connectivity index (χ0) is 13.3. The van der Waals surface area contributed by atoms with Crippen molar-refractivity contribution in [3.8, 4) is 0 Å². The van der Waals surface area contributed by atoms with Gasteiger partial charge >= 0.3 is 0 Å². The lowest BCUT2D eigenvalue weighted by Gasteiger charge is -2.39. The Morgan fingerprint density at radius 3 is 2.44 bits per heavy atom. The molecule has 18 heavy (non-hydrogen) atoms. The molecule has 4 nitrogen and oxygen atoms in total. The first-order chi connectivity index (χ1) is 8.50. The zero-order valence-electron chi connectivity index (χ0n) is 11.8. The molecule has 1 saturated heterocycles.